The molecule has 0 radical (unpaired) electrons. The van der Waals surface area contributed by atoms with Crippen LogP contribution in [0.1, 0.15) is 32.1 Å². The van der Waals surface area contributed by atoms with Crippen LogP contribution in [0.2, 0.25) is 0 Å². The van der Waals surface area contributed by atoms with Crippen molar-refractivity contribution in [1.82, 2.24) is 15.2 Å². The Kier molecular flexibility index (Phi) is 6.25. The maximum Gasteiger partial charge on any atom is 0.274 e. The lowest BCUT2D eigenvalue weighted by Gasteiger charge is -2.11. The van der Waals surface area contributed by atoms with Crippen LogP contribution < -0.4 is 10.6 Å². The monoisotopic (exact) mass is 340 g/mol. The van der Waals surface area contributed by atoms with Gasteiger partial charge in [-0.2, -0.15) is 0 Å². The fourth-order valence-electron chi connectivity index (χ4n) is 2.24. The molecule has 2 amide bonds. The molecule has 0 saturated heterocycles. The van der Waals surface area contributed by atoms with Crippen molar-refractivity contribution in [2.24, 2.45) is 0 Å². The zero-order valence-electron chi connectivity index (χ0n) is 15.1. The SMILES string of the molecule is Cc1cccc(NC(=O)c2cccc(C(=O)NCCN(C)C)n2)c1C. The van der Waals surface area contributed by atoms with Gasteiger partial charge in [0.05, 0.1) is 0 Å². The highest BCUT2D eigenvalue weighted by Crippen LogP contribution is 2.18. The number of carbonyl (C=O) groups is 2. The van der Waals surface area contributed by atoms with Crippen LogP contribution >= 0.6 is 0 Å². The Morgan fingerprint density at radius 1 is 1.00 bits per heavy atom. The van der Waals surface area contributed by atoms with Gasteiger partial charge in [-0.05, 0) is 57.3 Å². The van der Waals surface area contributed by atoms with Crippen LogP contribution in [0.3, 0.4) is 0 Å². The van der Waals surface area contributed by atoms with Gasteiger partial charge in [0.2, 0.25) is 0 Å². The summed E-state index contributed by atoms with van der Waals surface area (Å²) in [4.78, 5) is 30.7. The third-order valence-corrected chi connectivity index (χ3v) is 3.91. The molecule has 0 fully saturated rings. The molecule has 0 bridgehead atoms. The number of pyridine rings is 1. The van der Waals surface area contributed by atoms with Crippen molar-refractivity contribution >= 4 is 17.5 Å². The van der Waals surface area contributed by atoms with Crippen molar-refractivity contribution < 1.29 is 9.59 Å². The molecule has 6 nitrogen and oxygen atoms in total. The second kappa shape index (κ2) is 8.39. The first-order valence-electron chi connectivity index (χ1n) is 8.16. The number of rotatable bonds is 6. The zero-order chi connectivity index (χ0) is 18.4. The standard InChI is InChI=1S/C19H24N4O2/c1-13-7-5-8-15(14(13)2)22-19(25)17-10-6-9-16(21-17)18(24)20-11-12-23(3)4/h5-10H,11-12H2,1-4H3,(H,20,24)(H,22,25). The molecule has 0 aliphatic carbocycles. The van der Waals surface area contributed by atoms with E-state index in [1.54, 1.807) is 18.2 Å². The Balaban J connectivity index is 2.08. The average Bonchev–Trinajstić information content (AvgIpc) is 2.58. The highest BCUT2D eigenvalue weighted by atomic mass is 16.2. The molecule has 1 aromatic carbocycles. The van der Waals surface area contributed by atoms with Gasteiger partial charge in [-0.3, -0.25) is 9.59 Å². The van der Waals surface area contributed by atoms with Gasteiger partial charge in [-0.25, -0.2) is 4.98 Å². The van der Waals surface area contributed by atoms with Crippen LogP contribution in [0, 0.1) is 13.8 Å². The zero-order valence-corrected chi connectivity index (χ0v) is 15.1. The second-order valence-corrected chi connectivity index (χ2v) is 6.17. The van der Waals surface area contributed by atoms with Crippen LogP contribution in [0.5, 0.6) is 0 Å². The Bertz CT molecular complexity index is 772. The molecule has 0 aliphatic heterocycles. The van der Waals surface area contributed by atoms with Crippen molar-refractivity contribution in [1.29, 1.82) is 0 Å². The van der Waals surface area contributed by atoms with E-state index >= 15 is 0 Å². The van der Waals surface area contributed by atoms with Crippen LogP contribution in [0.4, 0.5) is 5.69 Å². The van der Waals surface area contributed by atoms with E-state index in [1.165, 1.54) is 0 Å². The van der Waals surface area contributed by atoms with Gasteiger partial charge in [-0.15, -0.1) is 0 Å². The van der Waals surface area contributed by atoms with Crippen molar-refractivity contribution in [2.45, 2.75) is 13.8 Å². The van der Waals surface area contributed by atoms with Crippen molar-refractivity contribution in [2.75, 3.05) is 32.5 Å². The molecule has 25 heavy (non-hydrogen) atoms. The molecule has 0 aliphatic rings. The van der Waals surface area contributed by atoms with Crippen LogP contribution in [-0.4, -0.2) is 48.9 Å². The first-order valence-corrected chi connectivity index (χ1v) is 8.16. The largest absolute Gasteiger partial charge is 0.349 e. The van der Waals surface area contributed by atoms with Crippen molar-refractivity contribution in [3.05, 3.63) is 58.9 Å². The van der Waals surface area contributed by atoms with Crippen LogP contribution in [-0.2, 0) is 0 Å². The molecule has 2 N–H and O–H groups in total. The molecule has 2 rings (SSSR count). The minimum atomic E-state index is -0.336. The van der Waals surface area contributed by atoms with Crippen LogP contribution in [0.25, 0.3) is 0 Å². The fraction of sp³-hybridized carbons (Fsp3) is 0.316. The van der Waals surface area contributed by atoms with Crippen molar-refractivity contribution in [3.8, 4) is 0 Å². The maximum atomic E-state index is 12.4. The molecule has 0 unspecified atom stereocenters. The predicted molar refractivity (Wildman–Crippen MR) is 99.0 cm³/mol. The molecule has 0 atom stereocenters. The topological polar surface area (TPSA) is 74.3 Å². The van der Waals surface area contributed by atoms with E-state index in [-0.39, 0.29) is 23.2 Å². The number of nitrogens with zero attached hydrogens (tertiary/aromatic N) is 2. The van der Waals surface area contributed by atoms with Gasteiger partial charge in [-0.1, -0.05) is 18.2 Å². The number of hydrogen-bond donors (Lipinski definition) is 2. The average molecular weight is 340 g/mol. The summed E-state index contributed by atoms with van der Waals surface area (Å²) in [5.41, 5.74) is 3.29. The lowest BCUT2D eigenvalue weighted by atomic mass is 10.1. The van der Waals surface area contributed by atoms with E-state index in [2.05, 4.69) is 15.6 Å². The number of likely N-dealkylation sites (N-methyl/N-ethyl adjacent to an activating group) is 1. The van der Waals surface area contributed by atoms with E-state index in [0.717, 1.165) is 23.4 Å². The molecule has 0 spiro atoms. The fourth-order valence-corrected chi connectivity index (χ4v) is 2.24. The molecule has 6 heteroatoms. The summed E-state index contributed by atoms with van der Waals surface area (Å²) in [6, 6.07) is 10.6. The first kappa shape index (κ1) is 18.6. The summed E-state index contributed by atoms with van der Waals surface area (Å²) >= 11 is 0. The number of aromatic nitrogens is 1. The van der Waals surface area contributed by atoms with E-state index in [0.29, 0.717) is 6.54 Å². The van der Waals surface area contributed by atoms with E-state index in [9.17, 15) is 9.59 Å². The summed E-state index contributed by atoms with van der Waals surface area (Å²) in [7, 11) is 3.87. The summed E-state index contributed by atoms with van der Waals surface area (Å²) in [6.07, 6.45) is 0. The number of anilines is 1. The van der Waals surface area contributed by atoms with Crippen LogP contribution in [0.15, 0.2) is 36.4 Å². The molecule has 0 saturated carbocycles. The van der Waals surface area contributed by atoms with E-state index in [4.69, 9.17) is 0 Å². The quantitative estimate of drug-likeness (QED) is 0.846. The minimum absolute atomic E-state index is 0.209. The highest BCUT2D eigenvalue weighted by molar-refractivity contribution is 6.04. The Morgan fingerprint density at radius 2 is 1.64 bits per heavy atom. The van der Waals surface area contributed by atoms with Gasteiger partial charge in [0, 0.05) is 18.8 Å². The summed E-state index contributed by atoms with van der Waals surface area (Å²) in [6.45, 7) is 5.19. The lowest BCUT2D eigenvalue weighted by Crippen LogP contribution is -2.32. The smallest absolute Gasteiger partial charge is 0.274 e. The predicted octanol–water partition coefficient (Wildman–Crippen LogP) is 2.24. The Morgan fingerprint density at radius 3 is 2.32 bits per heavy atom. The number of nitrogens with one attached hydrogen (secondary N) is 2. The summed E-state index contributed by atoms with van der Waals surface area (Å²) < 4.78 is 0. The van der Waals surface area contributed by atoms with Gasteiger partial charge in [0.25, 0.3) is 11.8 Å². The maximum absolute atomic E-state index is 12.4. The first-order chi connectivity index (χ1) is 11.9. The molecule has 2 aromatic rings. The third-order valence-electron chi connectivity index (χ3n) is 3.91. The number of hydrogen-bond acceptors (Lipinski definition) is 4. The van der Waals surface area contributed by atoms with E-state index < -0.39 is 0 Å². The number of amides is 2. The molecule has 1 aromatic heterocycles. The second-order valence-electron chi connectivity index (χ2n) is 6.17. The van der Waals surface area contributed by atoms with Crippen molar-refractivity contribution in [3.63, 3.8) is 0 Å². The molecule has 1 heterocycles. The third kappa shape index (κ3) is 5.12. The normalized spacial score (nSPS) is 10.6. The summed E-state index contributed by atoms with van der Waals surface area (Å²) in [5.74, 6) is -0.625. The number of aryl methyl sites for hydroxylation is 1. The molecule has 132 valence electrons. The Labute approximate surface area is 148 Å². The minimum Gasteiger partial charge on any atom is -0.349 e. The van der Waals surface area contributed by atoms with Gasteiger partial charge >= 0.3 is 0 Å². The Hall–Kier alpha value is -2.73. The molecular formula is C19H24N4O2. The lowest BCUT2D eigenvalue weighted by molar-refractivity contribution is 0.0946. The van der Waals surface area contributed by atoms with E-state index in [1.807, 2.05) is 51.0 Å². The van der Waals surface area contributed by atoms with Gasteiger partial charge in [0.1, 0.15) is 11.4 Å². The number of benzene rings is 1. The summed E-state index contributed by atoms with van der Waals surface area (Å²) in [5, 5.41) is 5.64. The highest BCUT2D eigenvalue weighted by Gasteiger charge is 2.13. The molecular weight excluding hydrogens is 316 g/mol. The van der Waals surface area contributed by atoms with Gasteiger partial charge in [0.15, 0.2) is 0 Å². The number of carbonyl (C=O) groups excluding carboxylic acids is 2. The van der Waals surface area contributed by atoms with Gasteiger partial charge < -0.3 is 15.5 Å².